The summed E-state index contributed by atoms with van der Waals surface area (Å²) in [5.41, 5.74) is 2.15. The van der Waals surface area contributed by atoms with Crippen LogP contribution in [0.15, 0.2) is 29.1 Å². The molecule has 1 aliphatic heterocycles. The zero-order valence-electron chi connectivity index (χ0n) is 14.3. The molecule has 0 spiro atoms. The molecule has 0 bridgehead atoms. The van der Waals surface area contributed by atoms with E-state index in [0.717, 1.165) is 24.1 Å². The highest BCUT2D eigenvalue weighted by Crippen LogP contribution is 2.27. The van der Waals surface area contributed by atoms with Crippen LogP contribution in [0.3, 0.4) is 0 Å². The number of aromatic nitrogens is 2. The molecule has 1 unspecified atom stereocenters. The lowest BCUT2D eigenvalue weighted by Gasteiger charge is -2.32. The number of benzene rings is 1. The number of aryl methyl sites for hydroxylation is 1. The van der Waals surface area contributed by atoms with Crippen molar-refractivity contribution in [2.24, 2.45) is 0 Å². The molecule has 25 heavy (non-hydrogen) atoms. The van der Waals surface area contributed by atoms with Gasteiger partial charge in [-0.2, -0.15) is 0 Å². The summed E-state index contributed by atoms with van der Waals surface area (Å²) in [6, 6.07) is 6.82. The lowest BCUT2D eigenvalue weighted by molar-refractivity contribution is 0.192. The van der Waals surface area contributed by atoms with E-state index in [1.54, 1.807) is 17.9 Å². The van der Waals surface area contributed by atoms with Gasteiger partial charge >= 0.3 is 6.03 Å². The van der Waals surface area contributed by atoms with Gasteiger partial charge in [0.1, 0.15) is 5.82 Å². The third kappa shape index (κ3) is 4.02. The fourth-order valence-corrected chi connectivity index (χ4v) is 3.33. The van der Waals surface area contributed by atoms with Crippen molar-refractivity contribution in [1.82, 2.24) is 14.9 Å². The van der Waals surface area contributed by atoms with Crippen molar-refractivity contribution in [2.75, 3.05) is 18.4 Å². The predicted octanol–water partition coefficient (Wildman–Crippen LogP) is 3.45. The fraction of sp³-hybridized carbons (Fsp3) is 0.389. The van der Waals surface area contributed by atoms with Crippen molar-refractivity contribution in [1.29, 1.82) is 0 Å². The molecule has 2 heterocycles. The number of urea groups is 1. The van der Waals surface area contributed by atoms with Gasteiger partial charge in [0.15, 0.2) is 0 Å². The number of nitrogens with one attached hydrogen (secondary N) is 2. The van der Waals surface area contributed by atoms with Crippen LogP contribution >= 0.6 is 11.6 Å². The van der Waals surface area contributed by atoms with Gasteiger partial charge in [0.25, 0.3) is 5.56 Å². The summed E-state index contributed by atoms with van der Waals surface area (Å²) in [7, 11) is 0. The van der Waals surface area contributed by atoms with Crippen LogP contribution < -0.4 is 10.9 Å². The molecule has 1 aliphatic rings. The molecule has 2 N–H and O–H groups in total. The molecule has 6 nitrogen and oxygen atoms in total. The van der Waals surface area contributed by atoms with Crippen molar-refractivity contribution < 1.29 is 4.79 Å². The molecule has 0 radical (unpaired) electrons. The number of anilines is 1. The Labute approximate surface area is 151 Å². The average molecular weight is 361 g/mol. The quantitative estimate of drug-likeness (QED) is 0.860. The molecule has 0 aliphatic carbocycles. The van der Waals surface area contributed by atoms with E-state index >= 15 is 0 Å². The Hall–Kier alpha value is -2.34. The first-order valence-electron chi connectivity index (χ1n) is 8.33. The van der Waals surface area contributed by atoms with Gasteiger partial charge < -0.3 is 15.2 Å². The second kappa shape index (κ2) is 7.27. The van der Waals surface area contributed by atoms with Gasteiger partial charge in [0.2, 0.25) is 0 Å². The molecule has 132 valence electrons. The number of carbonyl (C=O) groups is 1. The topological polar surface area (TPSA) is 78.1 Å². The number of nitrogens with zero attached hydrogens (tertiary/aromatic N) is 2. The van der Waals surface area contributed by atoms with E-state index in [1.165, 1.54) is 6.07 Å². The summed E-state index contributed by atoms with van der Waals surface area (Å²) in [4.78, 5) is 33.2. The average Bonchev–Trinajstić information content (AvgIpc) is 2.58. The minimum atomic E-state index is -0.156. The summed E-state index contributed by atoms with van der Waals surface area (Å²) in [5.74, 6) is 0.666. The Kier molecular flexibility index (Phi) is 5.08. The summed E-state index contributed by atoms with van der Waals surface area (Å²) < 4.78 is 0. The maximum Gasteiger partial charge on any atom is 0.321 e. The number of H-pyrrole nitrogens is 1. The normalized spacial score (nSPS) is 17.4. The van der Waals surface area contributed by atoms with Crippen molar-refractivity contribution >= 4 is 23.3 Å². The molecule has 3 rings (SSSR count). The third-order valence-corrected chi connectivity index (χ3v) is 4.93. The summed E-state index contributed by atoms with van der Waals surface area (Å²) in [5, 5.41) is 3.55. The van der Waals surface area contributed by atoms with Crippen LogP contribution in [0.5, 0.6) is 0 Å². The van der Waals surface area contributed by atoms with E-state index in [2.05, 4.69) is 15.3 Å². The van der Waals surface area contributed by atoms with E-state index in [4.69, 9.17) is 11.6 Å². The second-order valence-electron chi connectivity index (χ2n) is 6.38. The van der Waals surface area contributed by atoms with Crippen LogP contribution in [0.1, 0.15) is 35.8 Å². The van der Waals surface area contributed by atoms with Gasteiger partial charge in [0, 0.05) is 35.8 Å². The number of rotatable bonds is 2. The number of piperidine rings is 1. The largest absolute Gasteiger partial charge is 0.324 e. The monoisotopic (exact) mass is 360 g/mol. The fourth-order valence-electron chi connectivity index (χ4n) is 3.15. The summed E-state index contributed by atoms with van der Waals surface area (Å²) in [6.45, 7) is 4.87. The van der Waals surface area contributed by atoms with E-state index in [0.29, 0.717) is 29.6 Å². The predicted molar refractivity (Wildman–Crippen MR) is 98.4 cm³/mol. The highest BCUT2D eigenvalue weighted by atomic mass is 35.5. The van der Waals surface area contributed by atoms with E-state index in [9.17, 15) is 9.59 Å². The van der Waals surface area contributed by atoms with E-state index < -0.39 is 0 Å². The number of halogens is 1. The molecular formula is C18H21ClN4O2. The zero-order valence-corrected chi connectivity index (χ0v) is 15.1. The van der Waals surface area contributed by atoms with Crippen molar-refractivity contribution in [3.63, 3.8) is 0 Å². The SMILES string of the molecule is Cc1nc(C2CCCN(C(=O)Nc3cccc(Cl)c3C)C2)cc(=O)[nH]1. The molecule has 1 aromatic carbocycles. The smallest absolute Gasteiger partial charge is 0.321 e. The molecule has 1 saturated heterocycles. The van der Waals surface area contributed by atoms with Crippen LogP contribution in [-0.2, 0) is 0 Å². The number of aromatic amines is 1. The number of amides is 2. The molecule has 2 amide bonds. The number of carbonyl (C=O) groups excluding carboxylic acids is 1. The number of likely N-dealkylation sites (tertiary alicyclic amines) is 1. The summed E-state index contributed by atoms with van der Waals surface area (Å²) >= 11 is 6.11. The van der Waals surface area contributed by atoms with Crippen molar-refractivity contribution in [3.8, 4) is 0 Å². The van der Waals surface area contributed by atoms with Gasteiger partial charge in [0.05, 0.1) is 5.69 Å². The van der Waals surface area contributed by atoms with Gasteiger partial charge in [-0.1, -0.05) is 17.7 Å². The standard InChI is InChI=1S/C18H21ClN4O2/c1-11-14(19)6-3-7-15(11)22-18(25)23-8-4-5-13(10-23)16-9-17(24)21-12(2)20-16/h3,6-7,9,13H,4-5,8,10H2,1-2H3,(H,22,25)(H,20,21,24). The minimum absolute atomic E-state index is 0.0703. The van der Waals surface area contributed by atoms with E-state index in [-0.39, 0.29) is 17.5 Å². The second-order valence-corrected chi connectivity index (χ2v) is 6.79. The molecule has 1 aromatic heterocycles. The molecule has 2 aromatic rings. The van der Waals surface area contributed by atoms with Gasteiger partial charge in [-0.25, -0.2) is 9.78 Å². The first-order valence-corrected chi connectivity index (χ1v) is 8.71. The molecular weight excluding hydrogens is 340 g/mol. The van der Waals surface area contributed by atoms with Crippen LogP contribution in [0.2, 0.25) is 5.02 Å². The Morgan fingerprint density at radius 2 is 2.20 bits per heavy atom. The van der Waals surface area contributed by atoms with E-state index in [1.807, 2.05) is 19.1 Å². The molecule has 7 heteroatoms. The Balaban J connectivity index is 1.73. The van der Waals surface area contributed by atoms with Gasteiger partial charge in [-0.15, -0.1) is 0 Å². The minimum Gasteiger partial charge on any atom is -0.324 e. The zero-order chi connectivity index (χ0) is 18.0. The van der Waals surface area contributed by atoms with Crippen LogP contribution in [0, 0.1) is 13.8 Å². The first kappa shape index (κ1) is 17.5. The first-order chi connectivity index (χ1) is 11.9. The Morgan fingerprint density at radius 1 is 1.40 bits per heavy atom. The summed E-state index contributed by atoms with van der Waals surface area (Å²) in [6.07, 6.45) is 1.79. The third-order valence-electron chi connectivity index (χ3n) is 4.52. The molecule has 1 atom stereocenters. The maximum absolute atomic E-state index is 12.6. The lowest BCUT2D eigenvalue weighted by atomic mass is 9.94. The van der Waals surface area contributed by atoms with Crippen molar-refractivity contribution in [2.45, 2.75) is 32.6 Å². The van der Waals surface area contributed by atoms with Crippen LogP contribution in [-0.4, -0.2) is 34.0 Å². The van der Waals surface area contributed by atoms with Gasteiger partial charge in [-0.3, -0.25) is 4.79 Å². The molecule has 0 saturated carbocycles. The Morgan fingerprint density at radius 3 is 2.96 bits per heavy atom. The van der Waals surface area contributed by atoms with Crippen LogP contribution in [0.25, 0.3) is 0 Å². The number of hydrogen-bond acceptors (Lipinski definition) is 3. The number of hydrogen-bond donors (Lipinski definition) is 2. The van der Waals surface area contributed by atoms with Crippen molar-refractivity contribution in [3.05, 3.63) is 56.7 Å². The Bertz CT molecular complexity index is 849. The molecule has 1 fully saturated rings. The van der Waals surface area contributed by atoms with Crippen LogP contribution in [0.4, 0.5) is 10.5 Å². The highest BCUT2D eigenvalue weighted by Gasteiger charge is 2.26. The highest BCUT2D eigenvalue weighted by molar-refractivity contribution is 6.31. The van der Waals surface area contributed by atoms with Gasteiger partial charge in [-0.05, 0) is 44.4 Å². The lowest BCUT2D eigenvalue weighted by Crippen LogP contribution is -2.42. The maximum atomic E-state index is 12.6.